The van der Waals surface area contributed by atoms with Gasteiger partial charge in [-0.3, -0.25) is 0 Å². The lowest BCUT2D eigenvalue weighted by atomic mass is 10.2. The Bertz CT molecular complexity index is 426. The van der Waals surface area contributed by atoms with Crippen molar-refractivity contribution in [2.75, 3.05) is 6.61 Å². The van der Waals surface area contributed by atoms with Gasteiger partial charge in [-0.15, -0.1) is 0 Å². The predicted molar refractivity (Wildman–Crippen MR) is 53.1 cm³/mol. The van der Waals surface area contributed by atoms with Crippen LogP contribution in [0.15, 0.2) is 24.3 Å². The lowest BCUT2D eigenvalue weighted by molar-refractivity contribution is 0.0520. The summed E-state index contributed by atoms with van der Waals surface area (Å²) in [5.41, 5.74) is 1.28. The normalized spacial score (nSPS) is 10.4. The molecule has 0 atom stereocenters. The topological polar surface area (TPSA) is 42.1 Å². The lowest BCUT2D eigenvalue weighted by Gasteiger charge is -1.96. The minimum atomic E-state index is -0.358. The van der Waals surface area contributed by atoms with Gasteiger partial charge in [-0.25, -0.2) is 4.79 Å². The second kappa shape index (κ2) is 3.54. The number of hydrogen-bond acceptors (Lipinski definition) is 2. The first-order valence-corrected chi connectivity index (χ1v) is 4.48. The average Bonchev–Trinajstić information content (AvgIpc) is 2.61. The molecule has 3 heteroatoms. The van der Waals surface area contributed by atoms with Gasteiger partial charge in [0.05, 0.1) is 6.61 Å². The summed E-state index contributed by atoms with van der Waals surface area (Å²) in [5.74, 6) is -0.358. The van der Waals surface area contributed by atoms with E-state index in [4.69, 9.17) is 4.74 Å². The van der Waals surface area contributed by atoms with E-state index in [1.807, 2.05) is 24.3 Å². The van der Waals surface area contributed by atoms with Crippen LogP contribution in [0.25, 0.3) is 10.9 Å². The van der Waals surface area contributed by atoms with E-state index >= 15 is 0 Å². The molecule has 0 unspecified atom stereocenters. The number of nitrogens with one attached hydrogen (secondary N) is 1. The fourth-order valence-electron chi connectivity index (χ4n) is 1.31. The first-order valence-electron chi connectivity index (χ1n) is 4.48. The minimum absolute atomic E-state index is 0.358. The van der Waals surface area contributed by atoms with Crippen molar-refractivity contribution in [1.82, 2.24) is 4.98 Å². The Hall–Kier alpha value is -1.77. The van der Waals surface area contributed by atoms with Gasteiger partial charge in [-0.2, -0.15) is 0 Å². The van der Waals surface area contributed by atoms with E-state index in [0.717, 1.165) is 10.9 Å². The highest BCUT2D eigenvalue weighted by atomic mass is 16.5. The summed E-state index contributed by atoms with van der Waals surface area (Å²) in [6.45, 7) is 2.16. The fourth-order valence-corrected chi connectivity index (χ4v) is 1.31. The van der Waals surface area contributed by atoms with Gasteiger partial charge in [0.2, 0.25) is 0 Å². The third-order valence-corrected chi connectivity index (χ3v) is 1.93. The highest BCUT2D eigenvalue weighted by molar-refractivity contribution is 5.94. The SMILES string of the molecule is CCOC(=O)c1[c]c2ccccc2[nH]1. The highest BCUT2D eigenvalue weighted by Gasteiger charge is 2.09. The standard InChI is InChI=1S/C11H10NO2/c1-2-14-11(13)10-7-8-5-3-4-6-9(8)12-10/h3-6,12H,2H2,1H3. The van der Waals surface area contributed by atoms with Crippen LogP contribution in [-0.4, -0.2) is 17.6 Å². The van der Waals surface area contributed by atoms with E-state index < -0.39 is 0 Å². The molecule has 0 bridgehead atoms. The van der Waals surface area contributed by atoms with Crippen molar-refractivity contribution < 1.29 is 9.53 Å². The van der Waals surface area contributed by atoms with Crippen LogP contribution >= 0.6 is 0 Å². The fraction of sp³-hybridized carbons (Fsp3) is 0.182. The molecule has 1 heterocycles. The van der Waals surface area contributed by atoms with Gasteiger partial charge in [0, 0.05) is 17.0 Å². The molecule has 2 rings (SSSR count). The van der Waals surface area contributed by atoms with Gasteiger partial charge in [0.1, 0.15) is 5.69 Å². The zero-order valence-corrected chi connectivity index (χ0v) is 7.83. The number of benzene rings is 1. The Morgan fingerprint density at radius 2 is 2.29 bits per heavy atom. The largest absolute Gasteiger partial charge is 0.461 e. The van der Waals surface area contributed by atoms with Crippen molar-refractivity contribution in [2.24, 2.45) is 0 Å². The molecule has 1 aromatic heterocycles. The number of hydrogen-bond donors (Lipinski definition) is 1. The molecule has 71 valence electrons. The molecular formula is C11H10NO2. The molecule has 0 saturated carbocycles. The smallest absolute Gasteiger partial charge is 0.355 e. The Morgan fingerprint density at radius 3 is 3.00 bits per heavy atom. The molecule has 0 aliphatic carbocycles. The van der Waals surface area contributed by atoms with Crippen LogP contribution in [0.2, 0.25) is 0 Å². The Kier molecular flexibility index (Phi) is 2.23. The molecule has 3 nitrogen and oxygen atoms in total. The summed E-state index contributed by atoms with van der Waals surface area (Å²) >= 11 is 0. The zero-order valence-electron chi connectivity index (χ0n) is 7.83. The number of H-pyrrole nitrogens is 1. The van der Waals surface area contributed by atoms with Crippen molar-refractivity contribution in [3.05, 3.63) is 36.0 Å². The first-order chi connectivity index (χ1) is 6.81. The summed E-state index contributed by atoms with van der Waals surface area (Å²) in [6.07, 6.45) is 0. The van der Waals surface area contributed by atoms with E-state index in [0.29, 0.717) is 12.3 Å². The second-order valence-electron chi connectivity index (χ2n) is 2.89. The van der Waals surface area contributed by atoms with E-state index in [9.17, 15) is 4.79 Å². The summed E-state index contributed by atoms with van der Waals surface area (Å²) in [4.78, 5) is 14.3. The minimum Gasteiger partial charge on any atom is -0.461 e. The number of esters is 1. The van der Waals surface area contributed by atoms with Gasteiger partial charge >= 0.3 is 5.97 Å². The number of fused-ring (bicyclic) bond motifs is 1. The Labute approximate surface area is 81.7 Å². The van der Waals surface area contributed by atoms with E-state index in [1.54, 1.807) is 6.92 Å². The molecule has 0 spiro atoms. The molecule has 2 aromatic rings. The third-order valence-electron chi connectivity index (χ3n) is 1.93. The maximum absolute atomic E-state index is 11.3. The zero-order chi connectivity index (χ0) is 9.97. The number of carbonyl (C=O) groups excluding carboxylic acids is 1. The summed E-state index contributed by atoms with van der Waals surface area (Å²) in [5, 5.41) is 0.899. The quantitative estimate of drug-likeness (QED) is 0.733. The van der Waals surface area contributed by atoms with Crippen molar-refractivity contribution in [3.63, 3.8) is 0 Å². The second-order valence-corrected chi connectivity index (χ2v) is 2.89. The molecule has 14 heavy (non-hydrogen) atoms. The number of aromatic nitrogens is 1. The molecule has 0 aliphatic rings. The van der Waals surface area contributed by atoms with Crippen molar-refractivity contribution in [1.29, 1.82) is 0 Å². The molecule has 0 aliphatic heterocycles. The lowest BCUT2D eigenvalue weighted by Crippen LogP contribution is -2.04. The van der Waals surface area contributed by atoms with Gasteiger partial charge < -0.3 is 9.72 Å². The molecular weight excluding hydrogens is 178 g/mol. The van der Waals surface area contributed by atoms with Gasteiger partial charge in [0.25, 0.3) is 0 Å². The van der Waals surface area contributed by atoms with Crippen LogP contribution in [0.3, 0.4) is 0 Å². The van der Waals surface area contributed by atoms with E-state index in [2.05, 4.69) is 11.1 Å². The molecule has 0 fully saturated rings. The van der Waals surface area contributed by atoms with Crippen LogP contribution in [0.4, 0.5) is 0 Å². The Morgan fingerprint density at radius 1 is 1.50 bits per heavy atom. The molecule has 0 saturated heterocycles. The highest BCUT2D eigenvalue weighted by Crippen LogP contribution is 2.14. The molecule has 1 radical (unpaired) electrons. The number of ether oxygens (including phenoxy) is 1. The number of para-hydroxylation sites is 1. The molecule has 1 aromatic carbocycles. The average molecular weight is 188 g/mol. The third kappa shape index (κ3) is 1.48. The van der Waals surface area contributed by atoms with Crippen LogP contribution in [0, 0.1) is 6.07 Å². The summed E-state index contributed by atoms with van der Waals surface area (Å²) in [6, 6.07) is 10.6. The summed E-state index contributed by atoms with van der Waals surface area (Å²) < 4.78 is 4.86. The Balaban J connectivity index is 2.40. The number of aromatic amines is 1. The van der Waals surface area contributed by atoms with Crippen molar-refractivity contribution in [3.8, 4) is 0 Å². The van der Waals surface area contributed by atoms with Crippen molar-refractivity contribution >= 4 is 16.9 Å². The van der Waals surface area contributed by atoms with E-state index in [-0.39, 0.29) is 5.97 Å². The van der Waals surface area contributed by atoms with Crippen molar-refractivity contribution in [2.45, 2.75) is 6.92 Å². The van der Waals surface area contributed by atoms with Gasteiger partial charge in [-0.1, -0.05) is 18.2 Å². The first kappa shape index (κ1) is 8.81. The monoisotopic (exact) mass is 188 g/mol. The number of carbonyl (C=O) groups is 1. The molecule has 1 N–H and O–H groups in total. The maximum Gasteiger partial charge on any atom is 0.355 e. The van der Waals surface area contributed by atoms with Gasteiger partial charge in [-0.05, 0) is 13.0 Å². The van der Waals surface area contributed by atoms with Crippen LogP contribution in [0.5, 0.6) is 0 Å². The van der Waals surface area contributed by atoms with E-state index in [1.165, 1.54) is 0 Å². The maximum atomic E-state index is 11.3. The number of rotatable bonds is 2. The molecule has 0 amide bonds. The van der Waals surface area contributed by atoms with Crippen LogP contribution < -0.4 is 0 Å². The van der Waals surface area contributed by atoms with Gasteiger partial charge in [0.15, 0.2) is 0 Å². The van der Waals surface area contributed by atoms with Crippen LogP contribution in [0.1, 0.15) is 17.4 Å². The predicted octanol–water partition coefficient (Wildman–Crippen LogP) is 2.14. The summed E-state index contributed by atoms with van der Waals surface area (Å²) in [7, 11) is 0. The van der Waals surface area contributed by atoms with Crippen LogP contribution in [-0.2, 0) is 4.74 Å².